The molecule has 4 saturated heterocycles. The van der Waals surface area contributed by atoms with Crippen LogP contribution in [-0.2, 0) is 44.7 Å². The molecule has 4 aromatic rings. The maximum Gasteiger partial charge on any atom is 0.161 e. The predicted molar refractivity (Wildman–Crippen MR) is 383 cm³/mol. The first kappa shape index (κ1) is 32.4. The van der Waals surface area contributed by atoms with Crippen LogP contribution in [0.5, 0.6) is 46.0 Å². The third-order valence-corrected chi connectivity index (χ3v) is 15.5. The minimum absolute atomic E-state index is 0. The number of carbonyl (C=O) groups is 4. The highest BCUT2D eigenvalue weighted by Gasteiger charge is 2.43. The van der Waals surface area contributed by atoms with Gasteiger partial charge < -0.3 is 37.9 Å². The Morgan fingerprint density at radius 3 is 1.42 bits per heavy atom. The van der Waals surface area contributed by atoms with Crippen LogP contribution in [0.15, 0.2) is 48.4 Å². The molecule has 0 bridgehead atoms. The molecule has 532 valence electrons. The Bertz CT molecular complexity index is 5790. The number of ketones is 4. The maximum absolute atomic E-state index is 14.1. The minimum atomic E-state index is -4.60. The molecule has 8 heterocycles. The molecular formula is C80H120N4O12. The lowest BCUT2D eigenvalue weighted by molar-refractivity contribution is -0.130. The van der Waals surface area contributed by atoms with Gasteiger partial charge in [-0.1, -0.05) is 82.8 Å². The Morgan fingerprint density at radius 2 is 0.948 bits per heavy atom. The lowest BCUT2D eigenvalue weighted by Crippen LogP contribution is -2.46. The van der Waals surface area contributed by atoms with E-state index in [4.69, 9.17) is 105 Å². The number of benzene rings is 4. The summed E-state index contributed by atoms with van der Waals surface area (Å²) in [5, 5.41) is 0. The van der Waals surface area contributed by atoms with Crippen molar-refractivity contribution in [2.24, 2.45) is 47.2 Å². The van der Waals surface area contributed by atoms with Crippen LogP contribution in [0.1, 0.15) is 274 Å². The van der Waals surface area contributed by atoms with Crippen LogP contribution >= 0.6 is 0 Å². The van der Waals surface area contributed by atoms with E-state index in [0.717, 1.165) is 79.7 Å². The number of ether oxygens (including phenoxy) is 8. The zero-order valence-corrected chi connectivity index (χ0v) is 54.2. The fourth-order valence-electron chi connectivity index (χ4n) is 10.9. The second kappa shape index (κ2) is 35.0. The van der Waals surface area contributed by atoms with Crippen LogP contribution in [0.2, 0.25) is 0 Å². The molecule has 8 aliphatic heterocycles. The fraction of sp³-hybridized carbons (Fsp3) is 0.650. The van der Waals surface area contributed by atoms with Gasteiger partial charge in [-0.05, 0) is 168 Å². The molecule has 0 aromatic heterocycles. The van der Waals surface area contributed by atoms with E-state index in [-0.39, 0.29) is 42.4 Å². The van der Waals surface area contributed by atoms with Crippen molar-refractivity contribution in [3.63, 3.8) is 0 Å². The van der Waals surface area contributed by atoms with Crippen molar-refractivity contribution in [2.75, 3.05) is 109 Å². The second-order valence-corrected chi connectivity index (χ2v) is 22.4. The number of carbonyl (C=O) groups excluding carboxylic acids is 4. The monoisotopic (exact) mass is 1380 g/mol. The van der Waals surface area contributed by atoms with Gasteiger partial charge in [0.05, 0.1) is 73.3 Å². The zero-order valence-electron chi connectivity index (χ0n) is 106. The van der Waals surface area contributed by atoms with Crippen LogP contribution in [0.3, 0.4) is 0 Å². The molecule has 96 heavy (non-hydrogen) atoms. The van der Waals surface area contributed by atoms with E-state index < -0.39 is 310 Å². The van der Waals surface area contributed by atoms with Gasteiger partial charge in [0.2, 0.25) is 0 Å². The molecule has 16 nitrogen and oxygen atoms in total. The maximum atomic E-state index is 14.1. The van der Waals surface area contributed by atoms with Crippen molar-refractivity contribution in [3.8, 4) is 46.0 Å². The van der Waals surface area contributed by atoms with Gasteiger partial charge in [-0.15, -0.1) is 0 Å². The van der Waals surface area contributed by atoms with Gasteiger partial charge in [0.1, 0.15) is 23.1 Å². The number of hydrogen-bond donors (Lipinski definition) is 0. The molecule has 4 aromatic carbocycles. The summed E-state index contributed by atoms with van der Waals surface area (Å²) >= 11 is 0. The standard InChI is InChI=1S/2C20H29NO3.2C19H27NO3.2CH4/c2*1-5-13(2)8-15-12-21-7-6-14-9-19(23-3)20(24-4)10-16(14)17(21)11-18(15)22;2*1-12(2)7-14-11-20-6-5-13-8-18(22-3)19(23-4)9-15(13)16(20)10-17(14)21;;/h2*9-10,13,15,17H,5-8,11-12H2,1-4H3;2*8-9,12,14,16H,5-7,10-11H2,1-4H3;2*1H4/i2D3,5D2,6D2,7D2,8D2,9D,10D,11D2,12D2,13D,15D,17D;2D3,5D2,6D2,7D2,8D2,9D,10D,12D2,13D,17D;5D2,6D2,8D,9D,10D2,11D2,14D,16D;4D3;;. The molecule has 16 heteroatoms. The zero-order chi connectivity index (χ0) is 114. The SMILES string of the molecule is C.C.[2H]C([2H])([2H])Oc1cc2c(cc1OC)CCN1CC(CC(C)C)C(=O)CC21.[2H]c1c(OC)c(OC)c([2H])c2c1C([2H])([2H])C([2H])([2H])N1C([2H])([2H])C([2H])(C([2H])([2H])C([2H])(C([2H])([2H])[2H])C([2H])([2H])C)C(=O)C([2H])([2H])C21[2H].[2H]c1c(OC)c(OC)c([2H])c2c1C([2H])([2H])C([2H])([2H])N1C([2H])([2H])C([2H])(CC(C)C)C(=O)C([2H])([2H])C21[2H].[2H]c1c(OC)c(OC)c([2H])c2c1C1([2H])CC(=O)C(C([2H])([2H])C([2H])(C([2H])([2H])[2H])C([2H])([2H])C)C([2H])([2H])N1C([2H])([2H])C2([2H])[2H]. The second-order valence-electron chi connectivity index (χ2n) is 22.4. The van der Waals surface area contributed by atoms with Crippen molar-refractivity contribution in [1.29, 1.82) is 0 Å². The van der Waals surface area contributed by atoms with E-state index in [2.05, 4.69) is 18.7 Å². The highest BCUT2D eigenvalue weighted by Crippen LogP contribution is 2.48. The summed E-state index contributed by atoms with van der Waals surface area (Å²) < 4.78 is 482. The Balaban J connectivity index is 0.000000270. The van der Waals surface area contributed by atoms with Crippen molar-refractivity contribution in [3.05, 3.63) is 92.9 Å². The summed E-state index contributed by atoms with van der Waals surface area (Å²) in [4.78, 5) is 55.5. The molecule has 0 aliphatic carbocycles. The summed E-state index contributed by atoms with van der Waals surface area (Å²) in [7, 11) is 5.19. The van der Waals surface area contributed by atoms with Crippen molar-refractivity contribution >= 4 is 23.1 Å². The Kier molecular flexibility index (Phi) is 11.8. The number of hydrogen-bond acceptors (Lipinski definition) is 16. The van der Waals surface area contributed by atoms with E-state index in [9.17, 15) is 23.3 Å². The molecule has 12 rings (SSSR count). The van der Waals surface area contributed by atoms with Crippen molar-refractivity contribution < 1.29 is 128 Å². The van der Waals surface area contributed by atoms with Crippen molar-refractivity contribution in [2.45, 2.75) is 184 Å². The average molecular weight is 1380 g/mol. The fourth-order valence-corrected chi connectivity index (χ4v) is 10.9. The minimum Gasteiger partial charge on any atom is -0.493 e. The summed E-state index contributed by atoms with van der Waals surface area (Å²) in [5.74, 6) is -26.5. The molecule has 0 amide bonds. The molecule has 8 aliphatic rings. The Morgan fingerprint density at radius 1 is 0.510 bits per heavy atom. The number of rotatable bonds is 18. The highest BCUT2D eigenvalue weighted by molar-refractivity contribution is 5.85. The first-order chi connectivity index (χ1) is 65.1. The Hall–Kier alpha value is -6.20. The van der Waals surface area contributed by atoms with Gasteiger partial charge >= 0.3 is 0 Å². The third kappa shape index (κ3) is 17.6. The summed E-state index contributed by atoms with van der Waals surface area (Å²) in [6, 6.07) is -12.3. The van der Waals surface area contributed by atoms with Gasteiger partial charge in [-0.25, -0.2) is 0 Å². The van der Waals surface area contributed by atoms with E-state index in [1.807, 2.05) is 6.07 Å². The van der Waals surface area contributed by atoms with E-state index in [0.29, 0.717) is 37.7 Å². The molecule has 0 spiro atoms. The lowest BCUT2D eigenvalue weighted by atomic mass is 9.79. The topological polar surface area (TPSA) is 155 Å². The van der Waals surface area contributed by atoms with Crippen LogP contribution in [0.4, 0.5) is 0 Å². The molecule has 0 N–H and O–H groups in total. The smallest absolute Gasteiger partial charge is 0.161 e. The van der Waals surface area contributed by atoms with Gasteiger partial charge in [0.25, 0.3) is 0 Å². The molecule has 0 saturated carbocycles. The molecular weight excluding hydrogens is 1210 g/mol. The van der Waals surface area contributed by atoms with Gasteiger partial charge in [0, 0.05) is 180 Å². The first-order valence-electron chi connectivity index (χ1n) is 55.6. The van der Waals surface area contributed by atoms with Crippen LogP contribution in [0.25, 0.3) is 0 Å². The van der Waals surface area contributed by atoms with Gasteiger partial charge in [-0.3, -0.25) is 38.8 Å². The van der Waals surface area contributed by atoms with Crippen LogP contribution in [0, 0.1) is 47.2 Å². The largest absolute Gasteiger partial charge is 0.493 e. The third-order valence-electron chi connectivity index (χ3n) is 15.5. The predicted octanol–water partition coefficient (Wildman–Crippen LogP) is 15.0. The van der Waals surface area contributed by atoms with Crippen molar-refractivity contribution in [1.82, 2.24) is 19.6 Å². The van der Waals surface area contributed by atoms with Crippen LogP contribution in [-0.4, -0.2) is 152 Å². The molecule has 10 unspecified atom stereocenters. The van der Waals surface area contributed by atoms with E-state index >= 15 is 0 Å². The number of methoxy groups -OCH3 is 8. The molecule has 4 fully saturated rings. The summed E-state index contributed by atoms with van der Waals surface area (Å²) in [5.41, 5.74) is -4.00. The van der Waals surface area contributed by atoms with Gasteiger partial charge in [-0.2, -0.15) is 0 Å². The summed E-state index contributed by atoms with van der Waals surface area (Å²) in [6.45, 7) is -20.8. The molecule has 0 radical (unpaired) electrons. The number of Topliss-reactive ketones (excluding diaryl/α,β-unsaturated/α-hetero) is 4. The normalized spacial score (nSPS) is 43.3. The van der Waals surface area contributed by atoms with E-state index in [1.54, 1.807) is 19.9 Å². The first-order valence-corrected chi connectivity index (χ1v) is 29.6. The molecule has 10 atom stereocenters. The average Bonchev–Trinajstić information content (AvgIpc) is 0.645. The highest BCUT2D eigenvalue weighted by atomic mass is 16.5. The number of piperidine rings is 4. The summed E-state index contributed by atoms with van der Waals surface area (Å²) in [6.07, 6.45) is -33.1. The van der Waals surface area contributed by atoms with E-state index in [1.165, 1.54) is 7.11 Å². The number of nitrogens with zero attached hydrogens (tertiary/aromatic N) is 4. The van der Waals surface area contributed by atoms with Gasteiger partial charge in [0.15, 0.2) is 46.0 Å². The lowest BCUT2D eigenvalue weighted by Gasteiger charge is -2.43. The number of fused-ring (bicyclic) bond motifs is 12. The van der Waals surface area contributed by atoms with Crippen LogP contribution < -0.4 is 37.9 Å². The Labute approximate surface area is 650 Å². The quantitative estimate of drug-likeness (QED) is 0.0926.